The van der Waals surface area contributed by atoms with Crippen LogP contribution in [0.2, 0.25) is 0 Å². The highest BCUT2D eigenvalue weighted by Gasteiger charge is 2.37. The molecule has 0 saturated carbocycles. The van der Waals surface area contributed by atoms with Crippen LogP contribution in [-0.4, -0.2) is 25.0 Å². The second kappa shape index (κ2) is 6.03. The van der Waals surface area contributed by atoms with Crippen LogP contribution in [0.1, 0.15) is 11.4 Å². The quantitative estimate of drug-likeness (QED) is 0.679. The summed E-state index contributed by atoms with van der Waals surface area (Å²) in [4.78, 5) is 0. The molecule has 0 aliphatic carbocycles. The Balaban J connectivity index is 1.68. The van der Waals surface area contributed by atoms with Crippen LogP contribution in [-0.2, 0) is 19.0 Å². The normalized spacial score (nSPS) is 11.8. The van der Waals surface area contributed by atoms with E-state index in [1.54, 1.807) is 12.1 Å². The number of halogens is 3. The van der Waals surface area contributed by atoms with Crippen molar-refractivity contribution in [2.45, 2.75) is 17.1 Å². The summed E-state index contributed by atoms with van der Waals surface area (Å²) >= 11 is 1.18. The molecule has 0 saturated heterocycles. The van der Waals surface area contributed by atoms with Gasteiger partial charge in [-0.3, -0.25) is 0 Å². The molecule has 2 heterocycles. The van der Waals surface area contributed by atoms with Crippen molar-refractivity contribution >= 4 is 11.8 Å². The molecule has 1 aromatic carbocycles. The summed E-state index contributed by atoms with van der Waals surface area (Å²) in [5.74, 6) is -0.132. The molecule has 0 N–H and O–H groups in total. The summed E-state index contributed by atoms with van der Waals surface area (Å²) in [6.07, 6.45) is -3.27. The van der Waals surface area contributed by atoms with Crippen molar-refractivity contribution in [1.29, 1.82) is 0 Å². The molecule has 2 aromatic heterocycles. The van der Waals surface area contributed by atoms with Gasteiger partial charge < -0.3 is 8.98 Å². The van der Waals surface area contributed by atoms with E-state index in [2.05, 4.69) is 20.4 Å². The summed E-state index contributed by atoms with van der Waals surface area (Å²) in [6.45, 7) is 0. The average Bonchev–Trinajstić information content (AvgIpc) is 3.15. The maximum absolute atomic E-state index is 12.7. The van der Waals surface area contributed by atoms with Crippen LogP contribution in [0.15, 0.2) is 40.2 Å². The largest absolute Gasteiger partial charge is 0.451 e. The maximum Gasteiger partial charge on any atom is 0.451 e. The van der Waals surface area contributed by atoms with Gasteiger partial charge in [0.05, 0.1) is 0 Å². The molecule has 0 aliphatic rings. The number of rotatable bonds is 4. The minimum absolute atomic E-state index is 0.207. The zero-order chi connectivity index (χ0) is 16.4. The van der Waals surface area contributed by atoms with E-state index in [1.807, 2.05) is 12.1 Å². The van der Waals surface area contributed by atoms with Gasteiger partial charge in [0.15, 0.2) is 5.16 Å². The fourth-order valence-electron chi connectivity index (χ4n) is 1.88. The van der Waals surface area contributed by atoms with E-state index < -0.39 is 12.0 Å². The van der Waals surface area contributed by atoms with E-state index in [9.17, 15) is 13.2 Å². The van der Waals surface area contributed by atoms with Crippen molar-refractivity contribution in [3.63, 3.8) is 0 Å². The molecule has 0 spiro atoms. The van der Waals surface area contributed by atoms with Gasteiger partial charge in [0, 0.05) is 18.4 Å². The number of hydrogen-bond donors (Lipinski definition) is 0. The fourth-order valence-corrected chi connectivity index (χ4v) is 2.74. The molecular weight excluding hydrogens is 331 g/mol. The number of nitrogens with zero attached hydrogens (tertiary/aromatic N) is 5. The summed E-state index contributed by atoms with van der Waals surface area (Å²) < 4.78 is 44.0. The second-order valence-corrected chi connectivity index (χ2v) is 5.53. The third kappa shape index (κ3) is 3.36. The topological polar surface area (TPSA) is 69.6 Å². The number of hydrogen-bond acceptors (Lipinski definition) is 6. The zero-order valence-corrected chi connectivity index (χ0v) is 12.6. The number of alkyl halides is 3. The van der Waals surface area contributed by atoms with Gasteiger partial charge >= 0.3 is 6.18 Å². The minimum atomic E-state index is -4.51. The number of thioether (sulfide) groups is 1. The molecule has 0 aliphatic heterocycles. The average molecular weight is 341 g/mol. The van der Waals surface area contributed by atoms with Crippen molar-refractivity contribution in [2.24, 2.45) is 7.05 Å². The summed E-state index contributed by atoms with van der Waals surface area (Å²) in [5.41, 5.74) is 1.70. The van der Waals surface area contributed by atoms with Crippen molar-refractivity contribution in [3.8, 4) is 11.5 Å². The molecule has 23 heavy (non-hydrogen) atoms. The molecule has 0 fully saturated rings. The lowest BCUT2D eigenvalue weighted by Gasteiger charge is -2.06. The van der Waals surface area contributed by atoms with Crippen molar-refractivity contribution in [3.05, 3.63) is 42.0 Å². The molecule has 0 unspecified atom stereocenters. The Hall–Kier alpha value is -2.36. The zero-order valence-electron chi connectivity index (χ0n) is 11.8. The third-order valence-corrected chi connectivity index (χ3v) is 4.11. The Bertz CT molecular complexity index is 783. The first-order valence-electron chi connectivity index (χ1n) is 6.40. The Morgan fingerprint density at radius 2 is 1.87 bits per heavy atom. The van der Waals surface area contributed by atoms with Crippen LogP contribution in [0, 0.1) is 0 Å². The molecule has 0 atom stereocenters. The number of aromatic nitrogens is 5. The summed E-state index contributed by atoms with van der Waals surface area (Å²) in [5, 5.41) is 14.4. The second-order valence-electron chi connectivity index (χ2n) is 4.59. The lowest BCUT2D eigenvalue weighted by atomic mass is 10.1. The summed E-state index contributed by atoms with van der Waals surface area (Å²) in [6, 6.07) is 7.30. The molecule has 3 aromatic rings. The third-order valence-electron chi connectivity index (χ3n) is 3.02. The predicted octanol–water partition coefficient (Wildman–Crippen LogP) is 3.18. The van der Waals surface area contributed by atoms with E-state index in [-0.39, 0.29) is 5.16 Å². The van der Waals surface area contributed by atoms with Crippen LogP contribution in [0.4, 0.5) is 13.2 Å². The van der Waals surface area contributed by atoms with Crippen molar-refractivity contribution in [1.82, 2.24) is 25.0 Å². The van der Waals surface area contributed by atoms with Crippen molar-refractivity contribution < 1.29 is 17.6 Å². The van der Waals surface area contributed by atoms with Crippen LogP contribution in [0.25, 0.3) is 11.5 Å². The van der Waals surface area contributed by atoms with Gasteiger partial charge in [-0.1, -0.05) is 23.9 Å². The molecule has 10 heteroatoms. The fraction of sp³-hybridized carbons (Fsp3) is 0.231. The highest BCUT2D eigenvalue weighted by Crippen LogP contribution is 2.30. The van der Waals surface area contributed by atoms with Gasteiger partial charge in [0.25, 0.3) is 0 Å². The Morgan fingerprint density at radius 1 is 1.13 bits per heavy atom. The first kappa shape index (κ1) is 15.5. The monoisotopic (exact) mass is 341 g/mol. The lowest BCUT2D eigenvalue weighted by Crippen LogP contribution is -2.12. The minimum Gasteiger partial charge on any atom is -0.423 e. The van der Waals surface area contributed by atoms with Gasteiger partial charge in [-0.05, 0) is 17.7 Å². The molecular formula is C13H10F3N5OS. The van der Waals surface area contributed by atoms with Gasteiger partial charge in [0.1, 0.15) is 0 Å². The van der Waals surface area contributed by atoms with Gasteiger partial charge in [0.2, 0.25) is 18.1 Å². The highest BCUT2D eigenvalue weighted by atomic mass is 32.2. The van der Waals surface area contributed by atoms with Crippen LogP contribution < -0.4 is 0 Å². The first-order chi connectivity index (χ1) is 10.9. The van der Waals surface area contributed by atoms with E-state index in [0.29, 0.717) is 11.6 Å². The smallest absolute Gasteiger partial charge is 0.423 e. The SMILES string of the molecule is Cn1c(SCc2ccc(-c3nnco3)cc2)nnc1C(F)(F)F. The van der Waals surface area contributed by atoms with Gasteiger partial charge in [-0.15, -0.1) is 20.4 Å². The predicted molar refractivity (Wildman–Crippen MR) is 75.3 cm³/mol. The van der Waals surface area contributed by atoms with Crippen LogP contribution >= 0.6 is 11.8 Å². The Morgan fingerprint density at radius 3 is 2.43 bits per heavy atom. The van der Waals surface area contributed by atoms with Crippen LogP contribution in [0.3, 0.4) is 0 Å². The lowest BCUT2D eigenvalue weighted by molar-refractivity contribution is -0.147. The highest BCUT2D eigenvalue weighted by molar-refractivity contribution is 7.98. The molecule has 3 rings (SSSR count). The van der Waals surface area contributed by atoms with E-state index in [4.69, 9.17) is 4.42 Å². The molecule has 120 valence electrons. The Kier molecular flexibility index (Phi) is 4.07. The van der Waals surface area contributed by atoms with E-state index in [1.165, 1.54) is 25.2 Å². The number of benzene rings is 1. The summed E-state index contributed by atoms with van der Waals surface area (Å²) in [7, 11) is 1.30. The van der Waals surface area contributed by atoms with E-state index in [0.717, 1.165) is 15.7 Å². The maximum atomic E-state index is 12.7. The first-order valence-corrected chi connectivity index (χ1v) is 7.38. The van der Waals surface area contributed by atoms with Crippen molar-refractivity contribution in [2.75, 3.05) is 0 Å². The molecule has 0 bridgehead atoms. The van der Waals surface area contributed by atoms with Gasteiger partial charge in [-0.25, -0.2) is 0 Å². The van der Waals surface area contributed by atoms with Crippen LogP contribution in [0.5, 0.6) is 0 Å². The Labute approximate surface area is 132 Å². The van der Waals surface area contributed by atoms with Gasteiger partial charge in [-0.2, -0.15) is 13.2 Å². The molecule has 0 radical (unpaired) electrons. The molecule has 0 amide bonds. The van der Waals surface area contributed by atoms with E-state index >= 15 is 0 Å². The standard InChI is InChI=1S/C13H10F3N5OS/c1-21-11(13(14,15)16)19-20-12(21)23-6-8-2-4-9(5-3-8)10-18-17-7-22-10/h2-5,7H,6H2,1H3. The molecule has 6 nitrogen and oxygen atoms in total.